The fraction of sp³-hybridized carbons (Fsp3) is 0.560. The van der Waals surface area contributed by atoms with Crippen molar-refractivity contribution in [3.8, 4) is 11.5 Å². The first-order valence-corrected chi connectivity index (χ1v) is 12.1. The Morgan fingerprint density at radius 2 is 1.94 bits per heavy atom. The van der Waals surface area contributed by atoms with Gasteiger partial charge in [0.15, 0.2) is 5.82 Å². The third-order valence-electron chi connectivity index (χ3n) is 6.92. The van der Waals surface area contributed by atoms with Crippen LogP contribution in [0.15, 0.2) is 16.7 Å². The van der Waals surface area contributed by atoms with Crippen LogP contribution in [0.5, 0.6) is 0 Å². The molecular formula is C25H32FN5O2. The molecule has 5 rings (SSSR count). The molecule has 4 heterocycles. The molecule has 1 atom stereocenters. The van der Waals surface area contributed by atoms with Crippen LogP contribution < -0.4 is 10.2 Å². The average Bonchev–Trinajstić information content (AvgIpc) is 3.26. The zero-order chi connectivity index (χ0) is 22.9. The minimum Gasteiger partial charge on any atom is -0.380 e. The molecule has 0 unspecified atom stereocenters. The first-order valence-electron chi connectivity index (χ1n) is 12.1. The summed E-state index contributed by atoms with van der Waals surface area (Å²) in [4.78, 5) is 11.6. The maximum atomic E-state index is 15.1. The molecular weight excluding hydrogens is 421 g/mol. The van der Waals surface area contributed by atoms with Crippen LogP contribution in [0.2, 0.25) is 0 Å². The molecule has 0 radical (unpaired) electrons. The van der Waals surface area contributed by atoms with Crippen molar-refractivity contribution in [3.63, 3.8) is 0 Å². The Hall–Kier alpha value is -2.58. The lowest BCUT2D eigenvalue weighted by Gasteiger charge is -2.36. The Labute approximate surface area is 193 Å². The fourth-order valence-corrected chi connectivity index (χ4v) is 5.07. The van der Waals surface area contributed by atoms with Crippen molar-refractivity contribution in [2.45, 2.75) is 65.0 Å². The van der Waals surface area contributed by atoms with Crippen molar-refractivity contribution in [2.24, 2.45) is 0 Å². The van der Waals surface area contributed by atoms with Gasteiger partial charge in [0.05, 0.1) is 12.2 Å². The molecule has 0 spiro atoms. The smallest absolute Gasteiger partial charge is 0.261 e. The van der Waals surface area contributed by atoms with Gasteiger partial charge in [0.1, 0.15) is 17.2 Å². The molecule has 33 heavy (non-hydrogen) atoms. The summed E-state index contributed by atoms with van der Waals surface area (Å²) in [7, 11) is 0. The summed E-state index contributed by atoms with van der Waals surface area (Å²) >= 11 is 0. The first kappa shape index (κ1) is 22.2. The Balaban J connectivity index is 1.48. The van der Waals surface area contributed by atoms with Crippen LogP contribution in [0.4, 0.5) is 10.2 Å². The number of rotatable bonds is 5. The number of hydrogen-bond acceptors (Lipinski definition) is 7. The van der Waals surface area contributed by atoms with Gasteiger partial charge in [-0.2, -0.15) is 4.98 Å². The van der Waals surface area contributed by atoms with E-state index < -0.39 is 0 Å². The summed E-state index contributed by atoms with van der Waals surface area (Å²) in [5, 5.41) is 8.57. The molecule has 3 aromatic rings. The second-order valence-electron chi connectivity index (χ2n) is 9.25. The second kappa shape index (κ2) is 9.35. The number of halogens is 1. The van der Waals surface area contributed by atoms with E-state index in [1.807, 2.05) is 19.9 Å². The highest BCUT2D eigenvalue weighted by molar-refractivity contribution is 5.93. The van der Waals surface area contributed by atoms with Crippen LogP contribution in [-0.2, 0) is 11.2 Å². The third kappa shape index (κ3) is 4.46. The van der Waals surface area contributed by atoms with Gasteiger partial charge in [-0.15, -0.1) is 0 Å². The van der Waals surface area contributed by atoms with E-state index in [1.54, 1.807) is 13.0 Å². The Kier molecular flexibility index (Phi) is 6.29. The van der Waals surface area contributed by atoms with Crippen LogP contribution in [0.1, 0.15) is 49.6 Å². The number of ether oxygens (including phenoxy) is 1. The van der Waals surface area contributed by atoms with E-state index in [-0.39, 0.29) is 5.82 Å². The fourth-order valence-electron chi connectivity index (χ4n) is 5.07. The standard InChI is InChI=1S/C25H32FN5O2/c1-4-17-12-20-15(2)22(25-27-16(3)30-33-25)24(29-23(20)21(26)13-17)31-9-7-18(8-10-31)28-19-6-5-11-32-14-19/h12-13,18-19,28H,4-11,14H2,1-3H3/t19-/m1/s1. The van der Waals surface area contributed by atoms with Crippen molar-refractivity contribution in [1.29, 1.82) is 0 Å². The highest BCUT2D eigenvalue weighted by Crippen LogP contribution is 2.38. The number of aryl methyl sites for hydroxylation is 3. The molecule has 1 aromatic carbocycles. The monoisotopic (exact) mass is 453 g/mol. The average molecular weight is 454 g/mol. The van der Waals surface area contributed by atoms with Crippen LogP contribution in [0.3, 0.4) is 0 Å². The summed E-state index contributed by atoms with van der Waals surface area (Å²) in [6, 6.07) is 4.51. The van der Waals surface area contributed by atoms with Crippen molar-refractivity contribution in [1.82, 2.24) is 20.4 Å². The van der Waals surface area contributed by atoms with Crippen LogP contribution in [0.25, 0.3) is 22.4 Å². The lowest BCUT2D eigenvalue weighted by Crippen LogP contribution is -2.48. The number of pyridine rings is 1. The number of benzene rings is 1. The topological polar surface area (TPSA) is 76.3 Å². The normalized spacial score (nSPS) is 20.0. The maximum Gasteiger partial charge on any atom is 0.261 e. The minimum absolute atomic E-state index is 0.282. The second-order valence-corrected chi connectivity index (χ2v) is 9.25. The highest BCUT2D eigenvalue weighted by atomic mass is 19.1. The summed E-state index contributed by atoms with van der Waals surface area (Å²) in [5.41, 5.74) is 3.08. The van der Waals surface area contributed by atoms with E-state index >= 15 is 4.39 Å². The summed E-state index contributed by atoms with van der Waals surface area (Å²) < 4.78 is 26.3. The minimum atomic E-state index is -0.282. The van der Waals surface area contributed by atoms with E-state index in [2.05, 4.69) is 20.4 Å². The number of nitrogens with zero attached hydrogens (tertiary/aromatic N) is 4. The first-order chi connectivity index (χ1) is 16.0. The van der Waals surface area contributed by atoms with E-state index in [1.165, 1.54) is 6.42 Å². The number of hydrogen-bond donors (Lipinski definition) is 1. The molecule has 176 valence electrons. The molecule has 2 fully saturated rings. The van der Waals surface area contributed by atoms with E-state index in [0.717, 1.165) is 79.9 Å². The summed E-state index contributed by atoms with van der Waals surface area (Å²) in [6.07, 6.45) is 5.04. The Bertz CT molecular complexity index is 1130. The van der Waals surface area contributed by atoms with Crippen molar-refractivity contribution in [3.05, 3.63) is 34.9 Å². The van der Waals surface area contributed by atoms with Crippen molar-refractivity contribution in [2.75, 3.05) is 31.2 Å². The number of piperidine rings is 1. The van der Waals surface area contributed by atoms with Crippen molar-refractivity contribution >= 4 is 16.7 Å². The number of aromatic nitrogens is 3. The van der Waals surface area contributed by atoms with Crippen LogP contribution in [0, 0.1) is 19.7 Å². The largest absolute Gasteiger partial charge is 0.380 e. The third-order valence-corrected chi connectivity index (χ3v) is 6.92. The van der Waals surface area contributed by atoms with E-state index in [9.17, 15) is 0 Å². The molecule has 0 aliphatic carbocycles. The molecule has 0 saturated carbocycles. The molecule has 0 amide bonds. The van der Waals surface area contributed by atoms with E-state index in [4.69, 9.17) is 14.2 Å². The number of fused-ring (bicyclic) bond motifs is 1. The summed E-state index contributed by atoms with van der Waals surface area (Å²) in [6.45, 7) is 9.16. The maximum absolute atomic E-state index is 15.1. The summed E-state index contributed by atoms with van der Waals surface area (Å²) in [5.74, 6) is 1.46. The zero-order valence-corrected chi connectivity index (χ0v) is 19.7. The van der Waals surface area contributed by atoms with Gasteiger partial charge in [0.2, 0.25) is 0 Å². The van der Waals surface area contributed by atoms with Gasteiger partial charge in [-0.3, -0.25) is 0 Å². The predicted molar refractivity (Wildman–Crippen MR) is 126 cm³/mol. The van der Waals surface area contributed by atoms with Gasteiger partial charge >= 0.3 is 0 Å². The van der Waals surface area contributed by atoms with Crippen LogP contribution >= 0.6 is 0 Å². The zero-order valence-electron chi connectivity index (χ0n) is 19.7. The number of nitrogens with one attached hydrogen (secondary N) is 1. The van der Waals surface area contributed by atoms with Gasteiger partial charge < -0.3 is 19.5 Å². The molecule has 8 heteroatoms. The van der Waals surface area contributed by atoms with Crippen LogP contribution in [-0.4, -0.2) is 53.5 Å². The Morgan fingerprint density at radius 1 is 1.12 bits per heavy atom. The SMILES string of the molecule is CCc1cc(F)c2nc(N3CCC(N[C@@H]4CCCOC4)CC3)c(-c3nc(C)no3)c(C)c2c1. The molecule has 2 saturated heterocycles. The molecule has 7 nitrogen and oxygen atoms in total. The van der Waals surface area contributed by atoms with Gasteiger partial charge in [-0.05, 0) is 69.2 Å². The lowest BCUT2D eigenvalue weighted by molar-refractivity contribution is 0.0650. The quantitative estimate of drug-likeness (QED) is 0.616. The highest BCUT2D eigenvalue weighted by Gasteiger charge is 2.28. The molecule has 0 bridgehead atoms. The molecule has 2 aliphatic heterocycles. The lowest BCUT2D eigenvalue weighted by atomic mass is 9.98. The molecule has 2 aromatic heterocycles. The molecule has 1 N–H and O–H groups in total. The van der Waals surface area contributed by atoms with Gasteiger partial charge in [-0.25, -0.2) is 9.37 Å². The van der Waals surface area contributed by atoms with Crippen molar-refractivity contribution < 1.29 is 13.7 Å². The van der Waals surface area contributed by atoms with Gasteiger partial charge in [-0.1, -0.05) is 12.1 Å². The van der Waals surface area contributed by atoms with Gasteiger partial charge in [0, 0.05) is 37.2 Å². The Morgan fingerprint density at radius 3 is 2.61 bits per heavy atom. The number of anilines is 1. The van der Waals surface area contributed by atoms with Gasteiger partial charge in [0.25, 0.3) is 5.89 Å². The van der Waals surface area contributed by atoms with E-state index in [0.29, 0.717) is 29.3 Å². The predicted octanol–water partition coefficient (Wildman–Crippen LogP) is 4.34. The molecule has 2 aliphatic rings.